The van der Waals surface area contributed by atoms with Crippen molar-refractivity contribution >= 4 is 54.7 Å². The second-order valence-corrected chi connectivity index (χ2v) is 14.6. The molecule has 0 bridgehead atoms. The van der Waals surface area contributed by atoms with Crippen LogP contribution in [-0.2, 0) is 0 Å². The molecule has 0 aliphatic heterocycles. The number of nitrogens with zero attached hydrogens (tertiary/aromatic N) is 6. The third kappa shape index (κ3) is 5.22. The Kier molecular flexibility index (Phi) is 7.40. The van der Waals surface area contributed by atoms with Crippen LogP contribution in [0.3, 0.4) is 0 Å². The highest BCUT2D eigenvalue weighted by atomic mass is 16.3. The van der Waals surface area contributed by atoms with Gasteiger partial charge in [-0.05, 0) is 47.5 Å². The van der Waals surface area contributed by atoms with Crippen LogP contribution < -0.4 is 0 Å². The molecule has 0 unspecified atom stereocenters. The van der Waals surface area contributed by atoms with E-state index in [9.17, 15) is 0 Å². The highest BCUT2D eigenvalue weighted by Gasteiger charge is 2.25. The van der Waals surface area contributed by atoms with Gasteiger partial charge < -0.3 is 8.98 Å². The molecule has 0 atom stereocenters. The number of fused-ring (bicyclic) bond motifs is 8. The van der Waals surface area contributed by atoms with E-state index in [-0.39, 0.29) is 0 Å². The molecule has 0 saturated heterocycles. The predicted molar refractivity (Wildman–Crippen MR) is 238 cm³/mol. The van der Waals surface area contributed by atoms with Crippen LogP contribution in [0.4, 0.5) is 0 Å². The van der Waals surface area contributed by atoms with Crippen molar-refractivity contribution in [3.8, 4) is 57.0 Å². The monoisotopic (exact) mass is 756 g/mol. The third-order valence-electron chi connectivity index (χ3n) is 11.2. The lowest BCUT2D eigenvalue weighted by Crippen LogP contribution is -2.07. The van der Waals surface area contributed by atoms with E-state index in [4.69, 9.17) is 24.4 Å². The normalized spacial score (nSPS) is 11.7. The first-order chi connectivity index (χ1) is 29.3. The molecule has 0 aliphatic carbocycles. The second-order valence-electron chi connectivity index (χ2n) is 14.6. The Morgan fingerprint density at radius 2 is 0.898 bits per heavy atom. The summed E-state index contributed by atoms with van der Waals surface area (Å²) < 4.78 is 11.3. The molecule has 0 N–H and O–H groups in total. The van der Waals surface area contributed by atoms with Gasteiger partial charge in [-0.25, -0.2) is 9.97 Å². The summed E-state index contributed by atoms with van der Waals surface area (Å²) in [4.78, 5) is 20.9. The third-order valence-corrected chi connectivity index (χ3v) is 11.2. The molecule has 0 spiro atoms. The summed E-state index contributed by atoms with van der Waals surface area (Å²) in [5, 5.41) is 4.40. The first kappa shape index (κ1) is 33.0. The first-order valence-corrected chi connectivity index (χ1v) is 19.7. The summed E-state index contributed by atoms with van der Waals surface area (Å²) in [6.07, 6.45) is 0. The van der Waals surface area contributed by atoms with Gasteiger partial charge in [0.15, 0.2) is 17.2 Å². The van der Waals surface area contributed by atoms with E-state index in [1.807, 2.05) is 66.7 Å². The maximum absolute atomic E-state index is 6.70. The van der Waals surface area contributed by atoms with E-state index in [1.54, 1.807) is 0 Å². The number of benzene rings is 8. The van der Waals surface area contributed by atoms with Crippen molar-refractivity contribution in [1.82, 2.24) is 29.1 Å². The van der Waals surface area contributed by atoms with Gasteiger partial charge in [0.05, 0.1) is 27.8 Å². The number of aromatic nitrogens is 6. The Balaban J connectivity index is 1.21. The molecule has 276 valence electrons. The van der Waals surface area contributed by atoms with Crippen molar-refractivity contribution in [2.75, 3.05) is 0 Å². The first-order valence-electron chi connectivity index (χ1n) is 19.7. The Morgan fingerprint density at radius 1 is 0.356 bits per heavy atom. The Hall–Kier alpha value is -8.16. The molecule has 12 aromatic rings. The quantitative estimate of drug-likeness (QED) is 0.169. The van der Waals surface area contributed by atoms with E-state index < -0.39 is 0 Å². The van der Waals surface area contributed by atoms with Gasteiger partial charge in [-0.3, -0.25) is 4.57 Å². The van der Waals surface area contributed by atoms with Gasteiger partial charge in [0.2, 0.25) is 11.8 Å². The number of hydrogen-bond donors (Lipinski definition) is 0. The van der Waals surface area contributed by atoms with Crippen molar-refractivity contribution < 1.29 is 4.42 Å². The smallest absolute Gasteiger partial charge is 0.238 e. The molecule has 4 heterocycles. The maximum Gasteiger partial charge on any atom is 0.238 e. The lowest BCUT2D eigenvalue weighted by atomic mass is 9.99. The molecule has 0 aliphatic rings. The summed E-state index contributed by atoms with van der Waals surface area (Å²) in [6, 6.07) is 66.7. The Bertz CT molecular complexity index is 3550. The molecular weight excluding hydrogens is 725 g/mol. The van der Waals surface area contributed by atoms with Gasteiger partial charge in [-0.1, -0.05) is 158 Å². The topological polar surface area (TPSA) is 74.6 Å². The van der Waals surface area contributed by atoms with Crippen molar-refractivity contribution in [3.05, 3.63) is 194 Å². The summed E-state index contributed by atoms with van der Waals surface area (Å²) >= 11 is 0. The number of oxazole rings is 1. The summed E-state index contributed by atoms with van der Waals surface area (Å²) in [7, 11) is 0. The molecule has 0 radical (unpaired) electrons. The van der Waals surface area contributed by atoms with Crippen LogP contribution in [0.5, 0.6) is 0 Å². The fourth-order valence-corrected chi connectivity index (χ4v) is 8.62. The average Bonchev–Trinajstić information content (AvgIpc) is 4.01. The van der Waals surface area contributed by atoms with Crippen LogP contribution in [0.25, 0.3) is 112 Å². The number of para-hydroxylation sites is 3. The van der Waals surface area contributed by atoms with E-state index in [1.165, 1.54) is 0 Å². The van der Waals surface area contributed by atoms with E-state index in [2.05, 4.69) is 137 Å². The van der Waals surface area contributed by atoms with Crippen LogP contribution in [0, 0.1) is 0 Å². The summed E-state index contributed by atoms with van der Waals surface area (Å²) in [5.74, 6) is 2.28. The number of rotatable bonds is 6. The molecule has 7 heteroatoms. The minimum atomic E-state index is 0.525. The Morgan fingerprint density at radius 3 is 1.59 bits per heavy atom. The minimum absolute atomic E-state index is 0.525. The van der Waals surface area contributed by atoms with Crippen LogP contribution in [-0.4, -0.2) is 29.1 Å². The zero-order chi connectivity index (χ0) is 38.9. The van der Waals surface area contributed by atoms with Crippen LogP contribution in [0.2, 0.25) is 0 Å². The zero-order valence-corrected chi connectivity index (χ0v) is 31.6. The fourth-order valence-electron chi connectivity index (χ4n) is 8.62. The van der Waals surface area contributed by atoms with Crippen molar-refractivity contribution in [3.63, 3.8) is 0 Å². The van der Waals surface area contributed by atoms with Crippen molar-refractivity contribution in [2.45, 2.75) is 0 Å². The van der Waals surface area contributed by atoms with Crippen LogP contribution in [0.15, 0.2) is 199 Å². The lowest BCUT2D eigenvalue weighted by Gasteiger charge is -2.14. The van der Waals surface area contributed by atoms with Gasteiger partial charge in [-0.15, -0.1) is 0 Å². The molecule has 7 nitrogen and oxygen atoms in total. The van der Waals surface area contributed by atoms with Gasteiger partial charge >= 0.3 is 0 Å². The zero-order valence-electron chi connectivity index (χ0n) is 31.6. The van der Waals surface area contributed by atoms with Gasteiger partial charge in [-0.2, -0.15) is 9.97 Å². The largest absolute Gasteiger partial charge is 0.434 e. The maximum atomic E-state index is 6.70. The van der Waals surface area contributed by atoms with Crippen molar-refractivity contribution in [1.29, 1.82) is 0 Å². The van der Waals surface area contributed by atoms with Crippen LogP contribution >= 0.6 is 0 Å². The summed E-state index contributed by atoms with van der Waals surface area (Å²) in [6.45, 7) is 0. The van der Waals surface area contributed by atoms with E-state index >= 15 is 0 Å². The Labute approximate surface area is 338 Å². The standard InChI is InChI=1S/C52H32N6O/c1-4-17-33(18-5-1)36-23-10-11-26-41(36)50-54-49(34-19-6-2-7-20-34)55-52(56-50)58-44-29-15-13-25-38(44)40-32-31-39-37-24-12-14-28-43(37)57(46(39)47(40)58)45-30-16-27-42-48(45)59-51(53-42)35-21-8-3-9-22-35/h1-32H. The molecule has 0 saturated carbocycles. The lowest BCUT2D eigenvalue weighted by molar-refractivity contribution is 0.618. The SMILES string of the molecule is c1ccc(-c2nc(-c3ccccc3-c3ccccc3)nc(-n3c4ccccc4c4ccc5c6ccccc6n(-c6cccc7nc(-c8ccccc8)oc67)c5c43)n2)cc1. The molecule has 0 fully saturated rings. The average molecular weight is 757 g/mol. The molecule has 0 amide bonds. The van der Waals surface area contributed by atoms with Gasteiger partial charge in [0, 0.05) is 38.2 Å². The summed E-state index contributed by atoms with van der Waals surface area (Å²) in [5.41, 5.74) is 11.3. The van der Waals surface area contributed by atoms with Crippen molar-refractivity contribution in [2.24, 2.45) is 0 Å². The van der Waals surface area contributed by atoms with E-state index in [0.717, 1.165) is 82.6 Å². The molecule has 12 rings (SSSR count). The van der Waals surface area contributed by atoms with Gasteiger partial charge in [0.25, 0.3) is 0 Å². The number of hydrogen-bond acceptors (Lipinski definition) is 5. The second kappa shape index (κ2) is 13.2. The highest BCUT2D eigenvalue weighted by Crippen LogP contribution is 2.43. The highest BCUT2D eigenvalue weighted by molar-refractivity contribution is 6.24. The minimum Gasteiger partial charge on any atom is -0.434 e. The fraction of sp³-hybridized carbons (Fsp3) is 0. The molecular formula is C52H32N6O. The molecule has 4 aromatic heterocycles. The van der Waals surface area contributed by atoms with E-state index in [0.29, 0.717) is 29.1 Å². The van der Waals surface area contributed by atoms with Crippen LogP contribution in [0.1, 0.15) is 0 Å². The molecule has 59 heavy (non-hydrogen) atoms. The van der Waals surface area contributed by atoms with Gasteiger partial charge in [0.1, 0.15) is 5.52 Å². The molecule has 8 aromatic carbocycles. The predicted octanol–water partition coefficient (Wildman–Crippen LogP) is 12.9.